The van der Waals surface area contributed by atoms with Crippen LogP contribution in [0.5, 0.6) is 5.75 Å². The van der Waals surface area contributed by atoms with Crippen molar-refractivity contribution in [1.29, 1.82) is 5.26 Å². The van der Waals surface area contributed by atoms with Gasteiger partial charge in [-0.1, -0.05) is 11.6 Å². The first-order valence-electron chi connectivity index (χ1n) is 11.1. The fourth-order valence-electron chi connectivity index (χ4n) is 4.06. The minimum absolute atomic E-state index is 0.0801. The number of nitrogens with one attached hydrogen (secondary N) is 2. The summed E-state index contributed by atoms with van der Waals surface area (Å²) in [7, 11) is 0. The van der Waals surface area contributed by atoms with E-state index in [2.05, 4.69) is 20.4 Å². The number of halogens is 3. The van der Waals surface area contributed by atoms with Crippen LogP contribution in [0.2, 0.25) is 5.02 Å². The smallest absolute Gasteiger partial charge is 0.387 e. The van der Waals surface area contributed by atoms with Crippen LogP contribution in [0.1, 0.15) is 60.1 Å². The number of nitrogens with zero attached hydrogens (tertiary/aromatic N) is 2. The highest BCUT2D eigenvalue weighted by Gasteiger charge is 2.26. The maximum absolute atomic E-state index is 12.8. The van der Waals surface area contributed by atoms with Crippen LogP contribution in [0.4, 0.5) is 14.6 Å². The number of ether oxygens (including phenoxy) is 1. The number of nitriles is 1. The van der Waals surface area contributed by atoms with Crippen LogP contribution in [0.25, 0.3) is 0 Å². The third-order valence-electron chi connectivity index (χ3n) is 6.03. The highest BCUT2D eigenvalue weighted by Crippen LogP contribution is 2.32. The number of hydrogen-bond acceptors (Lipinski definition) is 6. The zero-order valence-electron chi connectivity index (χ0n) is 18.9. The molecular weight excluding hydrogens is 482 g/mol. The molecule has 35 heavy (non-hydrogen) atoms. The van der Waals surface area contributed by atoms with Crippen molar-refractivity contribution in [2.75, 3.05) is 11.9 Å². The number of carboxylic acid groups (broad SMARTS) is 1. The highest BCUT2D eigenvalue weighted by atomic mass is 35.5. The Hall–Kier alpha value is -3.45. The molecule has 0 bridgehead atoms. The first kappa shape index (κ1) is 26.2. The predicted molar refractivity (Wildman–Crippen MR) is 124 cm³/mol. The van der Waals surface area contributed by atoms with Gasteiger partial charge in [0, 0.05) is 18.3 Å². The predicted octanol–water partition coefficient (Wildman–Crippen LogP) is 5.00. The molecule has 1 atom stereocenters. The number of carboxylic acids is 1. The number of carbonyl (C=O) groups is 2. The lowest BCUT2D eigenvalue weighted by atomic mass is 9.82. The van der Waals surface area contributed by atoms with Crippen molar-refractivity contribution in [3.8, 4) is 11.8 Å². The molecule has 1 amide bonds. The van der Waals surface area contributed by atoms with Gasteiger partial charge >= 0.3 is 12.6 Å². The average molecular weight is 507 g/mol. The van der Waals surface area contributed by atoms with Crippen LogP contribution in [-0.2, 0) is 4.79 Å². The number of amides is 1. The van der Waals surface area contributed by atoms with Crippen LogP contribution in [0.3, 0.4) is 0 Å². The molecule has 11 heteroatoms. The standard InChI is InChI=1S/C24H25ClF2N4O4/c1-13(18-8-15(10-28)4-7-20(18)35-24(26)27)31-21-19(25)9-17(12-29-21)22(32)30-11-14-2-5-16(6-3-14)23(33)34/h4,7-9,12-14,16,24H,2-3,5-6,11H2,1H3,(H,29,31)(H,30,32)(H,33,34)/t13-,14-,16-/m0/s1. The summed E-state index contributed by atoms with van der Waals surface area (Å²) >= 11 is 6.32. The van der Waals surface area contributed by atoms with E-state index in [1.165, 1.54) is 30.5 Å². The van der Waals surface area contributed by atoms with Gasteiger partial charge in [-0.15, -0.1) is 0 Å². The van der Waals surface area contributed by atoms with Crippen LogP contribution < -0.4 is 15.4 Å². The molecule has 1 fully saturated rings. The van der Waals surface area contributed by atoms with Crippen molar-refractivity contribution in [3.63, 3.8) is 0 Å². The SMILES string of the molecule is C[C@H](Nc1ncc(C(=O)NC[C@H]2CC[C@H](C(=O)O)CC2)cc1Cl)c1cc(C#N)ccc1OC(F)F. The van der Waals surface area contributed by atoms with Crippen LogP contribution in [-0.4, -0.2) is 35.1 Å². The second-order valence-electron chi connectivity index (χ2n) is 8.43. The minimum Gasteiger partial charge on any atom is -0.481 e. The van der Waals surface area contributed by atoms with Gasteiger partial charge in [0.05, 0.1) is 34.2 Å². The Labute approximate surface area is 206 Å². The summed E-state index contributed by atoms with van der Waals surface area (Å²) in [6.45, 7) is -0.922. The number of benzene rings is 1. The largest absolute Gasteiger partial charge is 0.481 e. The van der Waals surface area contributed by atoms with Crippen LogP contribution in [0, 0.1) is 23.2 Å². The van der Waals surface area contributed by atoms with Crippen molar-refractivity contribution in [2.45, 2.75) is 45.3 Å². The molecule has 0 spiro atoms. The molecule has 8 nitrogen and oxygen atoms in total. The van der Waals surface area contributed by atoms with E-state index < -0.39 is 18.6 Å². The zero-order chi connectivity index (χ0) is 25.5. The second kappa shape index (κ2) is 11.8. The van der Waals surface area contributed by atoms with Gasteiger partial charge in [-0.05, 0) is 62.8 Å². The molecule has 0 radical (unpaired) electrons. The van der Waals surface area contributed by atoms with Crippen molar-refractivity contribution >= 4 is 29.3 Å². The maximum atomic E-state index is 12.8. The lowest BCUT2D eigenvalue weighted by molar-refractivity contribution is -0.143. The molecule has 1 aliphatic carbocycles. The third kappa shape index (κ3) is 7.02. The highest BCUT2D eigenvalue weighted by molar-refractivity contribution is 6.33. The monoisotopic (exact) mass is 506 g/mol. The Morgan fingerprint density at radius 1 is 1.29 bits per heavy atom. The van der Waals surface area contributed by atoms with Gasteiger partial charge in [-0.3, -0.25) is 9.59 Å². The number of hydrogen-bond donors (Lipinski definition) is 3. The summed E-state index contributed by atoms with van der Waals surface area (Å²) in [5.41, 5.74) is 0.847. The van der Waals surface area contributed by atoms with Gasteiger partial charge in [0.1, 0.15) is 11.6 Å². The Bertz CT molecular complexity index is 1120. The Balaban J connectivity index is 1.63. The first-order chi connectivity index (χ1) is 16.7. The van der Waals surface area contributed by atoms with E-state index in [4.69, 9.17) is 22.0 Å². The molecule has 1 aromatic carbocycles. The van der Waals surface area contributed by atoms with E-state index in [0.29, 0.717) is 24.9 Å². The molecular formula is C24H25ClF2N4O4. The third-order valence-corrected chi connectivity index (χ3v) is 6.31. The average Bonchev–Trinajstić information content (AvgIpc) is 2.83. The summed E-state index contributed by atoms with van der Waals surface area (Å²) in [4.78, 5) is 27.8. The van der Waals surface area contributed by atoms with Gasteiger partial charge in [0.15, 0.2) is 0 Å². The van der Waals surface area contributed by atoms with Gasteiger partial charge in [-0.2, -0.15) is 14.0 Å². The number of carbonyl (C=O) groups excluding carboxylic acids is 1. The molecule has 186 valence electrons. The Morgan fingerprint density at radius 3 is 2.60 bits per heavy atom. The zero-order valence-corrected chi connectivity index (χ0v) is 19.7. The molecule has 1 aromatic heterocycles. The Kier molecular flexibility index (Phi) is 8.82. The van der Waals surface area contributed by atoms with Gasteiger partial charge < -0.3 is 20.5 Å². The van der Waals surface area contributed by atoms with Gasteiger partial charge in [0.2, 0.25) is 0 Å². The van der Waals surface area contributed by atoms with E-state index in [0.717, 1.165) is 12.8 Å². The van der Waals surface area contributed by atoms with Crippen molar-refractivity contribution in [2.24, 2.45) is 11.8 Å². The minimum atomic E-state index is -3.03. The van der Waals surface area contributed by atoms with E-state index in [1.54, 1.807) is 6.92 Å². The number of alkyl halides is 2. The number of rotatable bonds is 9. The summed E-state index contributed by atoms with van der Waals surface area (Å²) in [5.74, 6) is -1.07. The summed E-state index contributed by atoms with van der Waals surface area (Å²) in [5, 5.41) is 24.2. The summed E-state index contributed by atoms with van der Waals surface area (Å²) in [6.07, 6.45) is 4.02. The molecule has 1 saturated carbocycles. The fraction of sp³-hybridized carbons (Fsp3) is 0.417. The normalized spacial score (nSPS) is 18.4. The molecule has 1 heterocycles. The molecule has 2 aromatic rings. The molecule has 3 N–H and O–H groups in total. The van der Waals surface area contributed by atoms with E-state index in [1.807, 2.05) is 6.07 Å². The van der Waals surface area contributed by atoms with E-state index in [9.17, 15) is 18.4 Å². The van der Waals surface area contributed by atoms with E-state index >= 15 is 0 Å². The van der Waals surface area contributed by atoms with E-state index in [-0.39, 0.29) is 45.5 Å². The lowest BCUT2D eigenvalue weighted by Crippen LogP contribution is -2.32. The van der Waals surface area contributed by atoms with Crippen LogP contribution in [0.15, 0.2) is 30.5 Å². The Morgan fingerprint density at radius 2 is 2.00 bits per heavy atom. The number of anilines is 1. The number of aromatic nitrogens is 1. The molecule has 1 aliphatic rings. The van der Waals surface area contributed by atoms with Crippen molar-refractivity contribution in [3.05, 3.63) is 52.2 Å². The summed E-state index contributed by atoms with van der Waals surface area (Å²) < 4.78 is 30.1. The van der Waals surface area contributed by atoms with Crippen LogP contribution >= 0.6 is 11.6 Å². The topological polar surface area (TPSA) is 124 Å². The summed E-state index contributed by atoms with van der Waals surface area (Å²) in [6, 6.07) is 6.93. The van der Waals surface area contributed by atoms with Gasteiger partial charge in [0.25, 0.3) is 5.91 Å². The maximum Gasteiger partial charge on any atom is 0.387 e. The van der Waals surface area contributed by atoms with Crippen molar-refractivity contribution in [1.82, 2.24) is 10.3 Å². The van der Waals surface area contributed by atoms with Gasteiger partial charge in [-0.25, -0.2) is 4.98 Å². The molecule has 0 saturated heterocycles. The molecule has 0 unspecified atom stereocenters. The number of aliphatic carboxylic acids is 1. The quantitative estimate of drug-likeness (QED) is 0.437. The second-order valence-corrected chi connectivity index (χ2v) is 8.84. The molecule has 0 aliphatic heterocycles. The molecule has 3 rings (SSSR count). The van der Waals surface area contributed by atoms with Crippen molar-refractivity contribution < 1.29 is 28.2 Å². The lowest BCUT2D eigenvalue weighted by Gasteiger charge is -2.26. The first-order valence-corrected chi connectivity index (χ1v) is 11.5. The fourth-order valence-corrected chi connectivity index (χ4v) is 4.28. The number of pyridine rings is 1.